The molecule has 3 aliphatic rings. The number of likely N-dealkylation sites (tertiary alicyclic amines) is 1. The topological polar surface area (TPSA) is 72.8 Å². The van der Waals surface area contributed by atoms with E-state index < -0.39 is 0 Å². The quantitative estimate of drug-likeness (QED) is 0.739. The van der Waals surface area contributed by atoms with E-state index >= 15 is 0 Å². The van der Waals surface area contributed by atoms with Gasteiger partial charge in [0.25, 0.3) is 11.5 Å². The van der Waals surface area contributed by atoms with Gasteiger partial charge in [0.15, 0.2) is 16.6 Å². The van der Waals surface area contributed by atoms with Crippen LogP contribution in [0.3, 0.4) is 0 Å². The Morgan fingerprint density at radius 2 is 1.96 bits per heavy atom. The van der Waals surface area contributed by atoms with Crippen molar-refractivity contribution >= 4 is 23.2 Å². The first-order valence-electron chi connectivity index (χ1n) is 9.28. The molecule has 28 heavy (non-hydrogen) atoms. The van der Waals surface area contributed by atoms with Gasteiger partial charge >= 0.3 is 0 Å². The molecule has 2 bridgehead atoms. The van der Waals surface area contributed by atoms with Gasteiger partial charge in [0.1, 0.15) is 0 Å². The molecule has 8 heteroatoms. The Hall–Kier alpha value is -2.87. The van der Waals surface area contributed by atoms with Gasteiger partial charge in [-0.3, -0.25) is 14.9 Å². The van der Waals surface area contributed by atoms with Gasteiger partial charge in [-0.15, -0.1) is 0 Å². The summed E-state index contributed by atoms with van der Waals surface area (Å²) in [7, 11) is 0. The highest BCUT2D eigenvalue weighted by molar-refractivity contribution is 7.80. The highest BCUT2D eigenvalue weighted by atomic mass is 32.1. The van der Waals surface area contributed by atoms with Crippen molar-refractivity contribution in [3.05, 3.63) is 58.0 Å². The Labute approximate surface area is 166 Å². The molecule has 4 heterocycles. The predicted molar refractivity (Wildman–Crippen MR) is 106 cm³/mol. The first kappa shape index (κ1) is 17.2. The number of nitrogens with zero attached hydrogens (tertiary/aromatic N) is 2. The largest absolute Gasteiger partial charge is 0.454 e. The fourth-order valence-electron chi connectivity index (χ4n) is 4.35. The van der Waals surface area contributed by atoms with Gasteiger partial charge in [-0.2, -0.15) is 0 Å². The summed E-state index contributed by atoms with van der Waals surface area (Å²) in [5, 5.41) is 3.26. The summed E-state index contributed by atoms with van der Waals surface area (Å²) in [5.74, 6) is 1.51. The van der Waals surface area contributed by atoms with E-state index in [-0.39, 0.29) is 24.2 Å². The average molecular weight is 397 g/mol. The summed E-state index contributed by atoms with van der Waals surface area (Å²) in [4.78, 5) is 26.8. The number of thiocarbonyl (C=S) groups is 1. The van der Waals surface area contributed by atoms with Crippen LogP contribution in [0.25, 0.3) is 0 Å². The summed E-state index contributed by atoms with van der Waals surface area (Å²) in [6.07, 6.45) is 1.04. The minimum atomic E-state index is -0.268. The summed E-state index contributed by atoms with van der Waals surface area (Å²) in [6.45, 7) is 2.29. The lowest BCUT2D eigenvalue weighted by atomic mass is 9.83. The molecule has 0 aliphatic carbocycles. The molecule has 1 fully saturated rings. The number of ether oxygens (including phenoxy) is 2. The lowest BCUT2D eigenvalue weighted by molar-refractivity contribution is 0.0967. The number of hydrogen-bond donors (Lipinski definition) is 1. The van der Waals surface area contributed by atoms with E-state index in [2.05, 4.69) is 5.32 Å². The molecule has 0 unspecified atom stereocenters. The highest BCUT2D eigenvalue weighted by Crippen LogP contribution is 2.35. The first-order chi connectivity index (χ1) is 13.6. The monoisotopic (exact) mass is 397 g/mol. The maximum Gasteiger partial charge on any atom is 0.257 e. The van der Waals surface area contributed by atoms with Crippen molar-refractivity contribution in [1.82, 2.24) is 14.8 Å². The van der Waals surface area contributed by atoms with Gasteiger partial charge < -0.3 is 18.9 Å². The maximum absolute atomic E-state index is 12.6. The van der Waals surface area contributed by atoms with Crippen LogP contribution in [-0.2, 0) is 6.54 Å². The number of amides is 1. The molecule has 1 aromatic carbocycles. The molecular weight excluding hydrogens is 378 g/mol. The summed E-state index contributed by atoms with van der Waals surface area (Å²) < 4.78 is 12.5. The molecule has 7 nitrogen and oxygen atoms in total. The Morgan fingerprint density at radius 1 is 1.11 bits per heavy atom. The first-order valence-corrected chi connectivity index (χ1v) is 9.69. The van der Waals surface area contributed by atoms with Gasteiger partial charge in [0.2, 0.25) is 6.79 Å². The smallest absolute Gasteiger partial charge is 0.257 e. The van der Waals surface area contributed by atoms with E-state index in [1.807, 2.05) is 21.6 Å². The molecule has 5 rings (SSSR count). The van der Waals surface area contributed by atoms with Gasteiger partial charge in [-0.25, -0.2) is 0 Å². The standard InChI is InChI=1S/C20H19N3O4S/c24-18-3-1-2-15-14-6-12(9-23(15)18)8-22(10-14)20(28)21-19(25)13-4-5-16-17(7-13)27-11-26-16/h1-5,7,12,14H,6,8-11H2,(H,21,25,28)/t12-,14+/m0/s1. The third-order valence-electron chi connectivity index (χ3n) is 5.62. The Morgan fingerprint density at radius 3 is 2.86 bits per heavy atom. The molecule has 1 saturated heterocycles. The van der Waals surface area contributed by atoms with Crippen LogP contribution in [0.4, 0.5) is 0 Å². The summed E-state index contributed by atoms with van der Waals surface area (Å²) in [6, 6.07) is 10.5. The number of rotatable bonds is 1. The van der Waals surface area contributed by atoms with Crippen LogP contribution < -0.4 is 20.3 Å². The normalized spacial score (nSPS) is 21.8. The Balaban J connectivity index is 1.30. The summed E-state index contributed by atoms with van der Waals surface area (Å²) >= 11 is 5.52. The molecule has 3 aliphatic heterocycles. The molecular formula is C20H19N3O4S. The molecule has 1 amide bonds. The third kappa shape index (κ3) is 2.93. The van der Waals surface area contributed by atoms with Crippen molar-refractivity contribution in [2.24, 2.45) is 5.92 Å². The number of carbonyl (C=O) groups excluding carboxylic acids is 1. The number of piperidine rings is 1. The third-order valence-corrected chi connectivity index (χ3v) is 5.98. The molecule has 1 N–H and O–H groups in total. The number of fused-ring (bicyclic) bond motifs is 5. The molecule has 0 radical (unpaired) electrons. The van der Waals surface area contributed by atoms with Crippen molar-refractivity contribution in [3.63, 3.8) is 0 Å². The number of carbonyl (C=O) groups is 1. The van der Waals surface area contributed by atoms with Gasteiger partial charge in [0.05, 0.1) is 0 Å². The highest BCUT2D eigenvalue weighted by Gasteiger charge is 2.35. The molecule has 2 aromatic rings. The van der Waals surface area contributed by atoms with E-state index in [1.54, 1.807) is 24.3 Å². The van der Waals surface area contributed by atoms with Crippen molar-refractivity contribution in [2.75, 3.05) is 19.9 Å². The van der Waals surface area contributed by atoms with Crippen molar-refractivity contribution < 1.29 is 14.3 Å². The Kier molecular flexibility index (Phi) is 4.08. The second-order valence-electron chi connectivity index (χ2n) is 7.43. The van der Waals surface area contributed by atoms with E-state index in [0.29, 0.717) is 41.2 Å². The molecule has 0 saturated carbocycles. The zero-order valence-corrected chi connectivity index (χ0v) is 15.9. The van der Waals surface area contributed by atoms with Crippen molar-refractivity contribution in [2.45, 2.75) is 18.9 Å². The lowest BCUT2D eigenvalue weighted by Gasteiger charge is -2.43. The summed E-state index contributed by atoms with van der Waals surface area (Å²) in [5.41, 5.74) is 1.58. The minimum absolute atomic E-state index is 0.0549. The van der Waals surface area contributed by atoms with Crippen molar-refractivity contribution in [3.8, 4) is 11.5 Å². The number of aromatic nitrogens is 1. The zero-order chi connectivity index (χ0) is 19.3. The van der Waals surface area contributed by atoms with Gasteiger partial charge in [-0.1, -0.05) is 6.07 Å². The minimum Gasteiger partial charge on any atom is -0.454 e. The average Bonchev–Trinajstić information content (AvgIpc) is 3.16. The van der Waals surface area contributed by atoms with Crippen LogP contribution in [-0.4, -0.2) is 40.4 Å². The van der Waals surface area contributed by atoms with Crippen LogP contribution >= 0.6 is 12.2 Å². The number of hydrogen-bond acceptors (Lipinski definition) is 5. The lowest BCUT2D eigenvalue weighted by Crippen LogP contribution is -2.52. The van der Waals surface area contributed by atoms with Gasteiger partial charge in [0, 0.05) is 42.9 Å². The van der Waals surface area contributed by atoms with Crippen LogP contribution in [0.1, 0.15) is 28.4 Å². The van der Waals surface area contributed by atoms with Crippen LogP contribution in [0, 0.1) is 5.92 Å². The van der Waals surface area contributed by atoms with E-state index in [9.17, 15) is 9.59 Å². The van der Waals surface area contributed by atoms with Crippen molar-refractivity contribution in [1.29, 1.82) is 0 Å². The zero-order valence-electron chi connectivity index (χ0n) is 15.1. The fourth-order valence-corrected chi connectivity index (χ4v) is 4.59. The fraction of sp³-hybridized carbons (Fsp3) is 0.350. The van der Waals surface area contributed by atoms with Crippen LogP contribution in [0.2, 0.25) is 0 Å². The molecule has 144 valence electrons. The van der Waals surface area contributed by atoms with E-state index in [1.165, 1.54) is 0 Å². The predicted octanol–water partition coefficient (Wildman–Crippen LogP) is 1.71. The number of pyridine rings is 1. The molecule has 2 atom stereocenters. The second kappa shape index (κ2) is 6.63. The number of nitrogens with one attached hydrogen (secondary N) is 1. The van der Waals surface area contributed by atoms with E-state index in [0.717, 1.165) is 18.7 Å². The number of benzene rings is 1. The Bertz CT molecular complexity index is 1030. The second-order valence-corrected chi connectivity index (χ2v) is 7.82. The van der Waals surface area contributed by atoms with Gasteiger partial charge in [-0.05, 0) is 48.8 Å². The van der Waals surface area contributed by atoms with E-state index in [4.69, 9.17) is 21.7 Å². The van der Waals surface area contributed by atoms with Crippen LogP contribution in [0.5, 0.6) is 11.5 Å². The molecule has 1 aromatic heterocycles. The maximum atomic E-state index is 12.6. The molecule has 0 spiro atoms. The van der Waals surface area contributed by atoms with Crippen LogP contribution in [0.15, 0.2) is 41.2 Å². The SMILES string of the molecule is O=C(NC(=S)N1C[C@@H]2C[C@H](C1)c1cccc(=O)n1C2)c1ccc2c(c1)OCO2.